The molecular formula is C5H12Cl2GeO. The van der Waals surface area contributed by atoms with Gasteiger partial charge in [-0.1, -0.05) is 0 Å². The minimum atomic E-state index is -2.71. The maximum absolute atomic E-state index is 5.83. The van der Waals surface area contributed by atoms with E-state index in [4.69, 9.17) is 23.8 Å². The van der Waals surface area contributed by atoms with Crippen LogP contribution >= 0.6 is 20.0 Å². The van der Waals surface area contributed by atoms with E-state index < -0.39 is 11.7 Å². The molecule has 0 amide bonds. The predicted octanol–water partition coefficient (Wildman–Crippen LogP) is 2.85. The van der Waals surface area contributed by atoms with Gasteiger partial charge in [-0.2, -0.15) is 0 Å². The summed E-state index contributed by atoms with van der Waals surface area (Å²) in [6.07, 6.45) is 2.22. The second kappa shape index (κ2) is 4.83. The number of hydrogen-bond donors (Lipinski definition) is 0. The molecule has 0 aliphatic carbocycles. The molecule has 0 bridgehead atoms. The van der Waals surface area contributed by atoms with E-state index in [1.54, 1.807) is 7.11 Å². The van der Waals surface area contributed by atoms with Gasteiger partial charge in [-0.05, 0) is 0 Å². The van der Waals surface area contributed by atoms with Crippen molar-refractivity contribution in [2.45, 2.75) is 25.0 Å². The Balaban J connectivity index is 3.33. The van der Waals surface area contributed by atoms with Crippen LogP contribution in [-0.4, -0.2) is 18.9 Å². The molecule has 1 nitrogen and oxygen atoms in total. The summed E-state index contributed by atoms with van der Waals surface area (Å²) < 4.78 is 4.96. The molecule has 0 spiro atoms. The van der Waals surface area contributed by atoms with Crippen molar-refractivity contribution in [3.05, 3.63) is 0 Å². The number of halogens is 2. The van der Waals surface area contributed by atoms with Gasteiger partial charge in [0.1, 0.15) is 0 Å². The summed E-state index contributed by atoms with van der Waals surface area (Å²) in [4.78, 5) is 0. The molecule has 0 heterocycles. The Morgan fingerprint density at radius 3 is 2.33 bits per heavy atom. The quantitative estimate of drug-likeness (QED) is 0.676. The molecule has 0 saturated heterocycles. The molecule has 0 aliphatic rings. The molecule has 0 radical (unpaired) electrons. The molecule has 4 heteroatoms. The molecule has 9 heavy (non-hydrogen) atoms. The van der Waals surface area contributed by atoms with E-state index in [0.29, 0.717) is 0 Å². The topological polar surface area (TPSA) is 9.23 Å². The zero-order chi connectivity index (χ0) is 7.33. The first-order valence-corrected chi connectivity index (χ1v) is 10.9. The Morgan fingerprint density at radius 2 is 2.00 bits per heavy atom. The molecule has 0 unspecified atom stereocenters. The number of hydrogen-bond acceptors (Lipinski definition) is 1. The molecule has 0 N–H and O–H groups in total. The van der Waals surface area contributed by atoms with Crippen molar-refractivity contribution < 1.29 is 3.76 Å². The molecule has 0 aromatic carbocycles. The second-order valence-electron chi connectivity index (χ2n) is 1.95. The van der Waals surface area contributed by atoms with Crippen LogP contribution in [0.4, 0.5) is 0 Å². The Kier molecular flexibility index (Phi) is 5.41. The molecule has 0 aromatic rings. The van der Waals surface area contributed by atoms with Crippen molar-refractivity contribution in [1.29, 1.82) is 0 Å². The van der Waals surface area contributed by atoms with E-state index in [1.807, 2.05) is 0 Å². The summed E-state index contributed by atoms with van der Waals surface area (Å²) in [5.74, 6) is 0. The number of rotatable bonds is 4. The fourth-order valence-corrected chi connectivity index (χ4v) is 3.91. The Morgan fingerprint density at radius 1 is 1.44 bits per heavy atom. The van der Waals surface area contributed by atoms with Gasteiger partial charge in [-0.3, -0.25) is 0 Å². The van der Waals surface area contributed by atoms with E-state index in [2.05, 4.69) is 6.92 Å². The number of unbranched alkanes of at least 4 members (excludes halogenated alkanes) is 1. The standard InChI is InChI=1S/C5H12Cl2GeO/c1-3-4-5-8(6,7)9-2/h3-5H2,1-2H3. The molecular weight excluding hydrogens is 220 g/mol. The van der Waals surface area contributed by atoms with Crippen LogP contribution in [-0.2, 0) is 3.76 Å². The van der Waals surface area contributed by atoms with Crippen molar-refractivity contribution in [2.75, 3.05) is 7.11 Å². The van der Waals surface area contributed by atoms with Crippen molar-refractivity contribution in [1.82, 2.24) is 0 Å². The molecule has 0 aliphatic heterocycles. The summed E-state index contributed by atoms with van der Waals surface area (Å²) >= 11 is -2.71. The molecule has 0 aromatic heterocycles. The zero-order valence-corrected chi connectivity index (χ0v) is 9.40. The van der Waals surface area contributed by atoms with Gasteiger partial charge in [0.2, 0.25) is 0 Å². The third-order valence-electron chi connectivity index (χ3n) is 1.12. The van der Waals surface area contributed by atoms with Crippen molar-refractivity contribution in [2.24, 2.45) is 0 Å². The first-order valence-electron chi connectivity index (χ1n) is 3.05. The third-order valence-corrected chi connectivity index (χ3v) is 7.90. The summed E-state index contributed by atoms with van der Waals surface area (Å²) in [6.45, 7) is 2.11. The van der Waals surface area contributed by atoms with E-state index in [9.17, 15) is 0 Å². The van der Waals surface area contributed by atoms with Crippen LogP contribution in [0.5, 0.6) is 0 Å². The SMILES string of the molecule is CCC[CH2][Ge]([Cl])([Cl])[O]C. The van der Waals surface area contributed by atoms with Crippen LogP contribution in [0.1, 0.15) is 19.8 Å². The first kappa shape index (κ1) is 10.1. The monoisotopic (exact) mass is 232 g/mol. The van der Waals surface area contributed by atoms with Gasteiger partial charge in [-0.15, -0.1) is 0 Å². The molecule has 0 rings (SSSR count). The van der Waals surface area contributed by atoms with Crippen LogP contribution < -0.4 is 0 Å². The van der Waals surface area contributed by atoms with Gasteiger partial charge in [-0.25, -0.2) is 0 Å². The van der Waals surface area contributed by atoms with Crippen LogP contribution in [0.15, 0.2) is 0 Å². The van der Waals surface area contributed by atoms with Gasteiger partial charge in [0, 0.05) is 0 Å². The van der Waals surface area contributed by atoms with Gasteiger partial charge < -0.3 is 0 Å². The molecule has 56 valence electrons. The fourth-order valence-electron chi connectivity index (χ4n) is 0.485. The van der Waals surface area contributed by atoms with E-state index in [0.717, 1.165) is 18.1 Å². The zero-order valence-electron chi connectivity index (χ0n) is 5.79. The Hall–Kier alpha value is 1.08. The van der Waals surface area contributed by atoms with E-state index in [-0.39, 0.29) is 0 Å². The van der Waals surface area contributed by atoms with Crippen LogP contribution in [0.3, 0.4) is 0 Å². The van der Waals surface area contributed by atoms with Crippen molar-refractivity contribution in [3.63, 3.8) is 0 Å². The Bertz CT molecular complexity index is 77.4. The summed E-state index contributed by atoms with van der Waals surface area (Å²) in [7, 11) is 13.3. The molecule has 0 saturated carbocycles. The molecule has 0 atom stereocenters. The normalized spacial score (nSPS) is 12.0. The third kappa shape index (κ3) is 5.52. The van der Waals surface area contributed by atoms with Crippen molar-refractivity contribution >= 4 is 31.8 Å². The van der Waals surface area contributed by atoms with Gasteiger partial charge >= 0.3 is 67.7 Å². The fraction of sp³-hybridized carbons (Fsp3) is 1.00. The summed E-state index contributed by atoms with van der Waals surface area (Å²) in [5, 5.41) is 0.885. The Labute approximate surface area is 67.7 Å². The molecule has 0 fully saturated rings. The average Bonchev–Trinajstić information content (AvgIpc) is 1.84. The van der Waals surface area contributed by atoms with E-state index in [1.165, 1.54) is 0 Å². The van der Waals surface area contributed by atoms with E-state index >= 15 is 0 Å². The summed E-state index contributed by atoms with van der Waals surface area (Å²) in [6, 6.07) is 0. The van der Waals surface area contributed by atoms with Gasteiger partial charge in [0.25, 0.3) is 0 Å². The van der Waals surface area contributed by atoms with Crippen LogP contribution in [0.2, 0.25) is 5.25 Å². The second-order valence-corrected chi connectivity index (χ2v) is 13.9. The predicted molar refractivity (Wildman–Crippen MR) is 44.2 cm³/mol. The van der Waals surface area contributed by atoms with Crippen LogP contribution in [0.25, 0.3) is 0 Å². The van der Waals surface area contributed by atoms with Gasteiger partial charge in [0.15, 0.2) is 0 Å². The minimum absolute atomic E-state index is 0.885. The average molecular weight is 232 g/mol. The van der Waals surface area contributed by atoms with Crippen LogP contribution in [0, 0.1) is 0 Å². The summed E-state index contributed by atoms with van der Waals surface area (Å²) in [5.41, 5.74) is 0. The van der Waals surface area contributed by atoms with Crippen molar-refractivity contribution in [3.8, 4) is 0 Å². The van der Waals surface area contributed by atoms with Gasteiger partial charge in [0.05, 0.1) is 0 Å². The first-order chi connectivity index (χ1) is 4.12. The maximum atomic E-state index is 5.83.